The lowest BCUT2D eigenvalue weighted by atomic mass is 9.98. The Morgan fingerprint density at radius 3 is 3.06 bits per heavy atom. The van der Waals surface area contributed by atoms with Crippen LogP contribution in [-0.4, -0.2) is 18.0 Å². The Hall–Kier alpha value is -1.53. The normalized spacial score (nSPS) is 15.2. The Balaban J connectivity index is 1.90. The van der Waals surface area contributed by atoms with Crippen molar-refractivity contribution in [1.82, 2.24) is 4.90 Å². The fourth-order valence-corrected chi connectivity index (χ4v) is 2.39. The van der Waals surface area contributed by atoms with E-state index in [2.05, 4.69) is 17.0 Å². The summed E-state index contributed by atoms with van der Waals surface area (Å²) in [5.41, 5.74) is 9.64. The van der Waals surface area contributed by atoms with E-state index in [4.69, 9.17) is 11.0 Å². The summed E-state index contributed by atoms with van der Waals surface area (Å²) in [6.45, 7) is 3.16. The number of unbranched alkanes of at least 4 members (excludes halogenated alkanes) is 2. The van der Waals surface area contributed by atoms with Crippen molar-refractivity contribution in [3.8, 4) is 6.07 Å². The summed E-state index contributed by atoms with van der Waals surface area (Å²) in [7, 11) is 0. The number of rotatable bonds is 4. The van der Waals surface area contributed by atoms with Gasteiger partial charge in [0.2, 0.25) is 0 Å². The van der Waals surface area contributed by atoms with Gasteiger partial charge in [-0.1, -0.05) is 12.1 Å². The number of fused-ring (bicyclic) bond motifs is 1. The predicted molar refractivity (Wildman–Crippen MR) is 69.3 cm³/mol. The molecule has 90 valence electrons. The minimum absolute atomic E-state index is 0.673. The molecule has 17 heavy (non-hydrogen) atoms. The summed E-state index contributed by atoms with van der Waals surface area (Å²) < 4.78 is 0. The quantitative estimate of drug-likeness (QED) is 0.636. The Bertz CT molecular complexity index is 420. The average molecular weight is 229 g/mol. The summed E-state index contributed by atoms with van der Waals surface area (Å²) in [4.78, 5) is 2.44. The van der Waals surface area contributed by atoms with Crippen LogP contribution in [0.2, 0.25) is 0 Å². The van der Waals surface area contributed by atoms with Crippen LogP contribution in [0.1, 0.15) is 30.4 Å². The number of nitrogens with zero attached hydrogens (tertiary/aromatic N) is 2. The van der Waals surface area contributed by atoms with E-state index in [0.29, 0.717) is 6.42 Å². The largest absolute Gasteiger partial charge is 0.398 e. The average Bonchev–Trinajstić information content (AvgIpc) is 2.36. The first-order valence-corrected chi connectivity index (χ1v) is 6.27. The number of hydrogen-bond donors (Lipinski definition) is 1. The van der Waals surface area contributed by atoms with Crippen LogP contribution in [0.3, 0.4) is 0 Å². The van der Waals surface area contributed by atoms with Crippen molar-refractivity contribution >= 4 is 5.69 Å². The van der Waals surface area contributed by atoms with Crippen molar-refractivity contribution in [2.24, 2.45) is 0 Å². The maximum atomic E-state index is 8.49. The van der Waals surface area contributed by atoms with E-state index in [1.54, 1.807) is 0 Å². The van der Waals surface area contributed by atoms with Crippen molar-refractivity contribution < 1.29 is 0 Å². The van der Waals surface area contributed by atoms with Gasteiger partial charge in [-0.2, -0.15) is 5.26 Å². The van der Waals surface area contributed by atoms with Crippen LogP contribution in [0.4, 0.5) is 5.69 Å². The molecule has 1 aromatic rings. The molecule has 2 N–H and O–H groups in total. The second kappa shape index (κ2) is 5.70. The molecular formula is C14H19N3. The second-order valence-corrected chi connectivity index (χ2v) is 4.63. The van der Waals surface area contributed by atoms with Crippen molar-refractivity contribution in [2.75, 3.05) is 18.8 Å². The van der Waals surface area contributed by atoms with E-state index in [0.717, 1.165) is 44.6 Å². The van der Waals surface area contributed by atoms with Gasteiger partial charge in [0, 0.05) is 25.2 Å². The van der Waals surface area contributed by atoms with Gasteiger partial charge >= 0.3 is 0 Å². The highest BCUT2D eigenvalue weighted by Crippen LogP contribution is 2.24. The van der Waals surface area contributed by atoms with Gasteiger partial charge in [0.05, 0.1) is 6.07 Å². The highest BCUT2D eigenvalue weighted by Gasteiger charge is 2.17. The van der Waals surface area contributed by atoms with Crippen LogP contribution in [-0.2, 0) is 13.0 Å². The zero-order valence-electron chi connectivity index (χ0n) is 10.2. The Morgan fingerprint density at radius 2 is 2.24 bits per heavy atom. The van der Waals surface area contributed by atoms with E-state index >= 15 is 0 Å². The summed E-state index contributed by atoms with van der Waals surface area (Å²) >= 11 is 0. The molecule has 2 rings (SSSR count). The van der Waals surface area contributed by atoms with E-state index in [-0.39, 0.29) is 0 Å². The van der Waals surface area contributed by atoms with Gasteiger partial charge < -0.3 is 5.73 Å². The van der Waals surface area contributed by atoms with E-state index in [9.17, 15) is 0 Å². The van der Waals surface area contributed by atoms with Gasteiger partial charge in [0.1, 0.15) is 0 Å². The highest BCUT2D eigenvalue weighted by atomic mass is 15.1. The molecule has 0 aliphatic carbocycles. The lowest BCUT2D eigenvalue weighted by Crippen LogP contribution is -2.31. The third kappa shape index (κ3) is 2.98. The van der Waals surface area contributed by atoms with Crippen molar-refractivity contribution in [1.29, 1.82) is 5.26 Å². The molecule has 0 unspecified atom stereocenters. The maximum Gasteiger partial charge on any atom is 0.0621 e. The molecule has 0 radical (unpaired) electrons. The smallest absolute Gasteiger partial charge is 0.0621 e. The van der Waals surface area contributed by atoms with E-state index in [1.165, 1.54) is 11.1 Å². The first-order valence-electron chi connectivity index (χ1n) is 6.27. The summed E-state index contributed by atoms with van der Waals surface area (Å²) in [6, 6.07) is 8.39. The summed E-state index contributed by atoms with van der Waals surface area (Å²) in [6.07, 6.45) is 3.88. The Morgan fingerprint density at radius 1 is 1.35 bits per heavy atom. The molecule has 0 fully saturated rings. The van der Waals surface area contributed by atoms with Gasteiger partial charge in [-0.25, -0.2) is 0 Å². The first-order chi connectivity index (χ1) is 8.31. The molecule has 1 aliphatic heterocycles. The molecule has 0 bridgehead atoms. The minimum atomic E-state index is 0.673. The van der Waals surface area contributed by atoms with Crippen LogP contribution in [0, 0.1) is 11.3 Å². The number of nitrogens with two attached hydrogens (primary N) is 1. The van der Waals surface area contributed by atoms with Gasteiger partial charge in [-0.3, -0.25) is 4.90 Å². The van der Waals surface area contributed by atoms with Crippen LogP contribution in [0.15, 0.2) is 18.2 Å². The Kier molecular flexibility index (Phi) is 4.00. The monoisotopic (exact) mass is 229 g/mol. The standard InChI is InChI=1S/C14H19N3/c15-8-2-1-3-9-17-10-7-12-5-4-6-14(16)13(12)11-17/h4-6H,1-3,7,9-11,16H2. The van der Waals surface area contributed by atoms with E-state index < -0.39 is 0 Å². The molecule has 1 heterocycles. The predicted octanol–water partition coefficient (Wildman–Crippen LogP) is 2.32. The zero-order chi connectivity index (χ0) is 12.1. The van der Waals surface area contributed by atoms with Crippen LogP contribution in [0.25, 0.3) is 0 Å². The molecule has 0 saturated carbocycles. The third-order valence-corrected chi connectivity index (χ3v) is 3.40. The number of anilines is 1. The van der Waals surface area contributed by atoms with Crippen molar-refractivity contribution in [2.45, 2.75) is 32.2 Å². The maximum absolute atomic E-state index is 8.49. The number of nitrogen functional groups attached to an aromatic ring is 1. The van der Waals surface area contributed by atoms with Crippen molar-refractivity contribution in [3.05, 3.63) is 29.3 Å². The fraction of sp³-hybridized carbons (Fsp3) is 0.500. The highest BCUT2D eigenvalue weighted by molar-refractivity contribution is 5.51. The SMILES string of the molecule is N#CCCCCN1CCc2cccc(N)c2C1. The molecule has 0 amide bonds. The molecule has 0 aromatic heterocycles. The zero-order valence-corrected chi connectivity index (χ0v) is 10.2. The molecule has 0 atom stereocenters. The van der Waals surface area contributed by atoms with Gasteiger partial charge in [0.25, 0.3) is 0 Å². The summed E-state index contributed by atoms with van der Waals surface area (Å²) in [5, 5.41) is 8.49. The minimum Gasteiger partial charge on any atom is -0.398 e. The number of benzene rings is 1. The fourth-order valence-electron chi connectivity index (χ4n) is 2.39. The Labute approximate surface area is 103 Å². The lowest BCUT2D eigenvalue weighted by molar-refractivity contribution is 0.250. The molecular weight excluding hydrogens is 210 g/mol. The first kappa shape index (κ1) is 11.9. The van der Waals surface area contributed by atoms with Gasteiger partial charge in [-0.05, 0) is 43.0 Å². The number of nitriles is 1. The molecule has 0 saturated heterocycles. The van der Waals surface area contributed by atoms with Crippen molar-refractivity contribution in [3.63, 3.8) is 0 Å². The second-order valence-electron chi connectivity index (χ2n) is 4.63. The molecule has 0 spiro atoms. The van der Waals surface area contributed by atoms with Crippen LogP contribution in [0.5, 0.6) is 0 Å². The summed E-state index contributed by atoms with van der Waals surface area (Å²) in [5.74, 6) is 0. The molecule has 1 aromatic carbocycles. The molecule has 3 nitrogen and oxygen atoms in total. The van der Waals surface area contributed by atoms with Gasteiger partial charge in [0.15, 0.2) is 0 Å². The molecule has 1 aliphatic rings. The van der Waals surface area contributed by atoms with Crippen LogP contribution < -0.4 is 5.73 Å². The van der Waals surface area contributed by atoms with Gasteiger partial charge in [-0.15, -0.1) is 0 Å². The van der Waals surface area contributed by atoms with Crippen LogP contribution >= 0.6 is 0 Å². The van der Waals surface area contributed by atoms with E-state index in [1.807, 2.05) is 12.1 Å². The number of hydrogen-bond acceptors (Lipinski definition) is 3. The topological polar surface area (TPSA) is 53.0 Å². The third-order valence-electron chi connectivity index (χ3n) is 3.40. The lowest BCUT2D eigenvalue weighted by Gasteiger charge is -2.29. The molecule has 3 heteroatoms.